The predicted octanol–water partition coefficient (Wildman–Crippen LogP) is 2.45. The van der Waals surface area contributed by atoms with E-state index >= 15 is 0 Å². The molecule has 20 heavy (non-hydrogen) atoms. The Morgan fingerprint density at radius 3 is 2.20 bits per heavy atom. The first-order valence-corrected chi connectivity index (χ1v) is 5.38. The molecule has 112 valence electrons. The van der Waals surface area contributed by atoms with Gasteiger partial charge in [0.15, 0.2) is 0 Å². The van der Waals surface area contributed by atoms with Crippen LogP contribution in [0.25, 0.3) is 0 Å². The monoisotopic (exact) mass is 298 g/mol. The first kappa shape index (κ1) is 16.2. The van der Waals surface area contributed by atoms with Gasteiger partial charge in [-0.05, 0) is 24.3 Å². The molecule has 1 aromatic carbocycles. The summed E-state index contributed by atoms with van der Waals surface area (Å²) in [5.41, 5.74) is -0.821. The number of halogens is 5. The number of aliphatic hydroxyl groups excluding tert-OH is 1. The third-order valence-electron chi connectivity index (χ3n) is 2.23. The summed E-state index contributed by atoms with van der Waals surface area (Å²) in [5.74, 6) is 0. The fourth-order valence-electron chi connectivity index (χ4n) is 1.20. The number of amides is 2. The van der Waals surface area contributed by atoms with Crippen molar-refractivity contribution in [2.24, 2.45) is 0 Å². The minimum absolute atomic E-state index is 0.0574. The van der Waals surface area contributed by atoms with Crippen molar-refractivity contribution >= 4 is 11.7 Å². The molecule has 0 aliphatic heterocycles. The summed E-state index contributed by atoms with van der Waals surface area (Å²) in [6.07, 6.45) is -9.49. The Labute approximate surface area is 110 Å². The molecule has 1 aromatic rings. The van der Waals surface area contributed by atoms with E-state index in [0.29, 0.717) is 0 Å². The van der Waals surface area contributed by atoms with Crippen LogP contribution >= 0.6 is 0 Å². The van der Waals surface area contributed by atoms with Gasteiger partial charge in [0.1, 0.15) is 6.10 Å². The van der Waals surface area contributed by atoms with E-state index in [0.717, 1.165) is 24.3 Å². The first-order chi connectivity index (χ1) is 9.20. The summed E-state index contributed by atoms with van der Waals surface area (Å²) < 4.78 is 60.7. The van der Waals surface area contributed by atoms with Gasteiger partial charge in [-0.1, -0.05) is 0 Å². The molecule has 3 N–H and O–H groups in total. The SMILES string of the molecule is O=C(NCC(O)C(F)F)Nc1ccc(C(F)(F)F)cc1. The van der Waals surface area contributed by atoms with Crippen LogP contribution in [0.4, 0.5) is 32.4 Å². The third-order valence-corrected chi connectivity index (χ3v) is 2.23. The molecule has 0 bridgehead atoms. The van der Waals surface area contributed by atoms with Gasteiger partial charge in [0.2, 0.25) is 0 Å². The normalized spacial score (nSPS) is 13.2. The Bertz CT molecular complexity index is 447. The molecule has 0 fully saturated rings. The van der Waals surface area contributed by atoms with Crippen molar-refractivity contribution in [3.05, 3.63) is 29.8 Å². The van der Waals surface area contributed by atoms with E-state index in [1.165, 1.54) is 0 Å². The van der Waals surface area contributed by atoms with Crippen LogP contribution in [0, 0.1) is 0 Å². The van der Waals surface area contributed by atoms with E-state index in [1.807, 2.05) is 5.32 Å². The van der Waals surface area contributed by atoms with Crippen molar-refractivity contribution in [2.45, 2.75) is 18.7 Å². The number of urea groups is 1. The van der Waals surface area contributed by atoms with Gasteiger partial charge in [-0.3, -0.25) is 0 Å². The van der Waals surface area contributed by atoms with Gasteiger partial charge < -0.3 is 15.7 Å². The molecule has 0 saturated carbocycles. The molecule has 0 aromatic heterocycles. The number of rotatable bonds is 4. The van der Waals surface area contributed by atoms with Gasteiger partial charge in [0.25, 0.3) is 6.43 Å². The Morgan fingerprint density at radius 1 is 1.20 bits per heavy atom. The number of hydrogen-bond acceptors (Lipinski definition) is 2. The lowest BCUT2D eigenvalue weighted by Gasteiger charge is -2.12. The second kappa shape index (κ2) is 6.51. The third kappa shape index (κ3) is 5.00. The molecular formula is C11H11F5N2O2. The van der Waals surface area contributed by atoms with Crippen LogP contribution < -0.4 is 10.6 Å². The van der Waals surface area contributed by atoms with Crippen LogP contribution in [-0.4, -0.2) is 30.2 Å². The van der Waals surface area contributed by atoms with Gasteiger partial charge in [-0.15, -0.1) is 0 Å². The number of aliphatic hydroxyl groups is 1. The lowest BCUT2D eigenvalue weighted by Crippen LogP contribution is -2.38. The Kier molecular flexibility index (Phi) is 5.26. The highest BCUT2D eigenvalue weighted by atomic mass is 19.4. The average Bonchev–Trinajstić information content (AvgIpc) is 2.35. The van der Waals surface area contributed by atoms with Crippen LogP contribution in [0.5, 0.6) is 0 Å². The minimum atomic E-state index is -4.48. The van der Waals surface area contributed by atoms with Crippen molar-refractivity contribution in [3.8, 4) is 0 Å². The maximum atomic E-state index is 12.3. The number of benzene rings is 1. The average molecular weight is 298 g/mol. The van der Waals surface area contributed by atoms with Gasteiger partial charge in [-0.2, -0.15) is 13.2 Å². The molecule has 1 rings (SSSR count). The standard InChI is InChI=1S/C11H11F5N2O2/c12-9(13)8(19)5-17-10(20)18-7-3-1-6(2-4-7)11(14,15)16/h1-4,8-9,19H,5H2,(H2,17,18,20). The van der Waals surface area contributed by atoms with Crippen LogP contribution in [0.3, 0.4) is 0 Å². The quantitative estimate of drug-likeness (QED) is 0.748. The van der Waals surface area contributed by atoms with E-state index in [4.69, 9.17) is 5.11 Å². The second-order valence-corrected chi connectivity index (χ2v) is 3.81. The van der Waals surface area contributed by atoms with Crippen molar-refractivity contribution in [1.29, 1.82) is 0 Å². The zero-order valence-corrected chi connectivity index (χ0v) is 9.92. The predicted molar refractivity (Wildman–Crippen MR) is 60.5 cm³/mol. The van der Waals surface area contributed by atoms with E-state index in [9.17, 15) is 26.7 Å². The molecule has 0 aliphatic rings. The second-order valence-electron chi connectivity index (χ2n) is 3.81. The Balaban J connectivity index is 2.51. The van der Waals surface area contributed by atoms with Crippen molar-refractivity contribution in [1.82, 2.24) is 5.32 Å². The molecule has 0 spiro atoms. The van der Waals surface area contributed by atoms with E-state index < -0.39 is 36.8 Å². The summed E-state index contributed by atoms with van der Waals surface area (Å²) in [6.45, 7) is -0.676. The van der Waals surface area contributed by atoms with Crippen LogP contribution in [0.1, 0.15) is 5.56 Å². The van der Waals surface area contributed by atoms with Crippen molar-refractivity contribution in [3.63, 3.8) is 0 Å². The summed E-state index contributed by atoms with van der Waals surface area (Å²) in [4.78, 5) is 11.2. The molecule has 0 aliphatic carbocycles. The first-order valence-electron chi connectivity index (χ1n) is 5.38. The van der Waals surface area contributed by atoms with Crippen LogP contribution in [0.2, 0.25) is 0 Å². The van der Waals surface area contributed by atoms with Crippen LogP contribution in [0.15, 0.2) is 24.3 Å². The van der Waals surface area contributed by atoms with E-state index in [2.05, 4.69) is 5.32 Å². The van der Waals surface area contributed by atoms with Crippen molar-refractivity contribution in [2.75, 3.05) is 11.9 Å². The van der Waals surface area contributed by atoms with Gasteiger partial charge >= 0.3 is 12.2 Å². The molecule has 0 heterocycles. The summed E-state index contributed by atoms with van der Waals surface area (Å²) in [7, 11) is 0. The lowest BCUT2D eigenvalue weighted by atomic mass is 10.2. The Morgan fingerprint density at radius 2 is 1.75 bits per heavy atom. The van der Waals surface area contributed by atoms with Crippen molar-refractivity contribution < 1.29 is 31.9 Å². The molecular weight excluding hydrogens is 287 g/mol. The molecule has 1 unspecified atom stereocenters. The zero-order chi connectivity index (χ0) is 15.3. The topological polar surface area (TPSA) is 61.4 Å². The number of alkyl halides is 5. The highest BCUT2D eigenvalue weighted by Gasteiger charge is 2.30. The highest BCUT2D eigenvalue weighted by Crippen LogP contribution is 2.29. The molecule has 9 heteroatoms. The van der Waals surface area contributed by atoms with E-state index in [-0.39, 0.29) is 5.69 Å². The largest absolute Gasteiger partial charge is 0.416 e. The number of hydrogen-bond donors (Lipinski definition) is 3. The number of nitrogens with one attached hydrogen (secondary N) is 2. The van der Waals surface area contributed by atoms with Gasteiger partial charge in [-0.25, -0.2) is 13.6 Å². The maximum absolute atomic E-state index is 12.3. The van der Waals surface area contributed by atoms with E-state index in [1.54, 1.807) is 0 Å². The summed E-state index contributed by atoms with van der Waals surface area (Å²) >= 11 is 0. The van der Waals surface area contributed by atoms with Crippen LogP contribution in [-0.2, 0) is 6.18 Å². The molecule has 1 atom stereocenters. The number of anilines is 1. The summed E-state index contributed by atoms with van der Waals surface area (Å²) in [5, 5.41) is 12.8. The number of carbonyl (C=O) groups is 1. The maximum Gasteiger partial charge on any atom is 0.416 e. The van der Waals surface area contributed by atoms with Gasteiger partial charge in [0, 0.05) is 5.69 Å². The molecule has 4 nitrogen and oxygen atoms in total. The number of carbonyl (C=O) groups excluding carboxylic acids is 1. The highest BCUT2D eigenvalue weighted by molar-refractivity contribution is 5.89. The zero-order valence-electron chi connectivity index (χ0n) is 9.92. The fourth-order valence-corrected chi connectivity index (χ4v) is 1.20. The Hall–Kier alpha value is -1.90. The molecule has 0 radical (unpaired) electrons. The lowest BCUT2D eigenvalue weighted by molar-refractivity contribution is -0.137. The molecule has 2 amide bonds. The minimum Gasteiger partial charge on any atom is -0.385 e. The summed E-state index contributed by atoms with van der Waals surface area (Å²) in [6, 6.07) is 2.66. The fraction of sp³-hybridized carbons (Fsp3) is 0.364. The van der Waals surface area contributed by atoms with Gasteiger partial charge in [0.05, 0.1) is 12.1 Å². The molecule has 0 saturated heterocycles. The smallest absolute Gasteiger partial charge is 0.385 e.